The number of esters is 1. The molecule has 2 rings (SSSR count). The van der Waals surface area contributed by atoms with Gasteiger partial charge in [-0.2, -0.15) is 0 Å². The van der Waals surface area contributed by atoms with Crippen LogP contribution in [0.3, 0.4) is 0 Å². The number of nitro groups is 1. The van der Waals surface area contributed by atoms with E-state index in [4.69, 9.17) is 9.15 Å². The van der Waals surface area contributed by atoms with Crippen LogP contribution in [0.5, 0.6) is 0 Å². The van der Waals surface area contributed by atoms with Crippen molar-refractivity contribution < 1.29 is 23.7 Å². The van der Waals surface area contributed by atoms with Crippen molar-refractivity contribution >= 4 is 17.6 Å². The number of benzene rings is 1. The van der Waals surface area contributed by atoms with E-state index in [1.165, 1.54) is 31.4 Å². The molecule has 8 heteroatoms. The van der Waals surface area contributed by atoms with Crippen molar-refractivity contribution in [2.24, 2.45) is 0 Å². The van der Waals surface area contributed by atoms with Gasteiger partial charge in [-0.25, -0.2) is 4.79 Å². The number of para-hydroxylation sites is 1. The highest BCUT2D eigenvalue weighted by atomic mass is 16.6. The maximum absolute atomic E-state index is 11.9. The first-order valence-electron chi connectivity index (χ1n) is 6.69. The zero-order valence-corrected chi connectivity index (χ0v) is 12.3. The summed E-state index contributed by atoms with van der Waals surface area (Å²) in [6, 6.07) is 7.68. The highest BCUT2D eigenvalue weighted by Crippen LogP contribution is 2.23. The summed E-state index contributed by atoms with van der Waals surface area (Å²) in [6.07, 6.45) is 1.47. The lowest BCUT2D eigenvalue weighted by atomic mass is 10.1. The van der Waals surface area contributed by atoms with E-state index < -0.39 is 23.4 Å². The standard InChI is InChI=1S/C15H14N2O6/c1-10-4-2-6-12(14(10)17(20)21)15(19)23-9-13(18)16-8-11-5-3-7-22-11/h2-7H,8-9H2,1H3,(H,16,18). The van der Waals surface area contributed by atoms with Crippen molar-refractivity contribution in [2.75, 3.05) is 6.61 Å². The molecule has 0 bridgehead atoms. The summed E-state index contributed by atoms with van der Waals surface area (Å²) in [6.45, 7) is 1.14. The van der Waals surface area contributed by atoms with Gasteiger partial charge in [-0.05, 0) is 25.1 Å². The van der Waals surface area contributed by atoms with Crippen LogP contribution in [0.2, 0.25) is 0 Å². The normalized spacial score (nSPS) is 10.1. The quantitative estimate of drug-likeness (QED) is 0.495. The maximum atomic E-state index is 11.9. The molecule has 1 heterocycles. The van der Waals surface area contributed by atoms with Crippen LogP contribution in [-0.4, -0.2) is 23.4 Å². The molecule has 120 valence electrons. The number of aryl methyl sites for hydroxylation is 1. The van der Waals surface area contributed by atoms with E-state index in [1.54, 1.807) is 12.1 Å². The van der Waals surface area contributed by atoms with Gasteiger partial charge < -0.3 is 14.5 Å². The fourth-order valence-corrected chi connectivity index (χ4v) is 1.92. The molecule has 1 amide bonds. The molecule has 0 radical (unpaired) electrons. The smallest absolute Gasteiger partial charge is 0.345 e. The predicted octanol–water partition coefficient (Wildman–Crippen LogP) is 1.97. The molecular weight excluding hydrogens is 304 g/mol. The summed E-state index contributed by atoms with van der Waals surface area (Å²) in [4.78, 5) is 33.9. The topological polar surface area (TPSA) is 112 Å². The van der Waals surface area contributed by atoms with Gasteiger partial charge in [0, 0.05) is 5.56 Å². The van der Waals surface area contributed by atoms with E-state index in [2.05, 4.69) is 5.32 Å². The van der Waals surface area contributed by atoms with Gasteiger partial charge in [0.1, 0.15) is 11.3 Å². The third kappa shape index (κ3) is 4.16. The van der Waals surface area contributed by atoms with Gasteiger partial charge in [0.15, 0.2) is 6.61 Å². The number of hydrogen-bond donors (Lipinski definition) is 1. The van der Waals surface area contributed by atoms with Crippen LogP contribution in [0, 0.1) is 17.0 Å². The van der Waals surface area contributed by atoms with Gasteiger partial charge in [0.2, 0.25) is 0 Å². The molecule has 0 spiro atoms. The third-order valence-electron chi connectivity index (χ3n) is 3.01. The van der Waals surface area contributed by atoms with E-state index >= 15 is 0 Å². The minimum Gasteiger partial charge on any atom is -0.467 e. The summed E-state index contributed by atoms with van der Waals surface area (Å²) in [7, 11) is 0. The fraction of sp³-hybridized carbons (Fsp3) is 0.200. The summed E-state index contributed by atoms with van der Waals surface area (Å²) >= 11 is 0. The van der Waals surface area contributed by atoms with Crippen LogP contribution in [-0.2, 0) is 16.1 Å². The lowest BCUT2D eigenvalue weighted by molar-refractivity contribution is -0.385. The molecule has 0 aliphatic rings. The summed E-state index contributed by atoms with van der Waals surface area (Å²) < 4.78 is 9.86. The molecule has 1 N–H and O–H groups in total. The second-order valence-electron chi connectivity index (χ2n) is 4.66. The van der Waals surface area contributed by atoms with Gasteiger partial charge in [0.05, 0.1) is 17.7 Å². The number of hydrogen-bond acceptors (Lipinski definition) is 6. The first-order valence-corrected chi connectivity index (χ1v) is 6.69. The Morgan fingerprint density at radius 1 is 1.30 bits per heavy atom. The number of nitrogens with one attached hydrogen (secondary N) is 1. The van der Waals surface area contributed by atoms with Gasteiger partial charge in [-0.3, -0.25) is 14.9 Å². The Bertz CT molecular complexity index is 724. The molecule has 0 saturated carbocycles. The third-order valence-corrected chi connectivity index (χ3v) is 3.01. The molecule has 0 aliphatic carbocycles. The van der Waals surface area contributed by atoms with E-state index in [1.807, 2.05) is 0 Å². The number of nitro benzene ring substituents is 1. The van der Waals surface area contributed by atoms with Crippen molar-refractivity contribution in [3.63, 3.8) is 0 Å². The van der Waals surface area contributed by atoms with E-state index in [0.717, 1.165) is 0 Å². The SMILES string of the molecule is Cc1cccc(C(=O)OCC(=O)NCc2ccco2)c1[N+](=O)[O-]. The Balaban J connectivity index is 1.93. The Morgan fingerprint density at radius 3 is 2.74 bits per heavy atom. The van der Waals surface area contributed by atoms with Crippen LogP contribution >= 0.6 is 0 Å². The van der Waals surface area contributed by atoms with Crippen molar-refractivity contribution in [2.45, 2.75) is 13.5 Å². The first-order chi connectivity index (χ1) is 11.0. The van der Waals surface area contributed by atoms with Crippen LogP contribution in [0.4, 0.5) is 5.69 Å². The van der Waals surface area contributed by atoms with Gasteiger partial charge >= 0.3 is 5.97 Å². The van der Waals surface area contributed by atoms with Crippen molar-refractivity contribution in [3.05, 3.63) is 63.6 Å². The average Bonchev–Trinajstić information content (AvgIpc) is 3.03. The number of nitrogens with zero attached hydrogens (tertiary/aromatic N) is 1. The molecule has 2 aromatic rings. The molecule has 1 aromatic heterocycles. The van der Waals surface area contributed by atoms with Crippen molar-refractivity contribution in [1.82, 2.24) is 5.32 Å². The molecule has 23 heavy (non-hydrogen) atoms. The predicted molar refractivity (Wildman–Crippen MR) is 78.7 cm³/mol. The molecule has 0 atom stereocenters. The second-order valence-corrected chi connectivity index (χ2v) is 4.66. The van der Waals surface area contributed by atoms with E-state index in [9.17, 15) is 19.7 Å². The summed E-state index contributed by atoms with van der Waals surface area (Å²) in [5.41, 5.74) is -0.172. The molecule has 8 nitrogen and oxygen atoms in total. The largest absolute Gasteiger partial charge is 0.467 e. The maximum Gasteiger partial charge on any atom is 0.345 e. The van der Waals surface area contributed by atoms with Crippen LogP contribution in [0.25, 0.3) is 0 Å². The monoisotopic (exact) mass is 318 g/mol. The summed E-state index contributed by atoms with van der Waals surface area (Å²) in [5.74, 6) is -0.905. The average molecular weight is 318 g/mol. The minimum atomic E-state index is -0.923. The zero-order chi connectivity index (χ0) is 16.8. The van der Waals surface area contributed by atoms with Gasteiger partial charge in [-0.1, -0.05) is 12.1 Å². The fourth-order valence-electron chi connectivity index (χ4n) is 1.92. The van der Waals surface area contributed by atoms with Crippen LogP contribution in [0.15, 0.2) is 41.0 Å². The molecule has 1 aromatic carbocycles. The Hall–Kier alpha value is -3.16. The highest BCUT2D eigenvalue weighted by molar-refractivity contribution is 5.95. The van der Waals surface area contributed by atoms with Gasteiger partial charge in [0.25, 0.3) is 11.6 Å². The van der Waals surface area contributed by atoms with Crippen molar-refractivity contribution in [1.29, 1.82) is 0 Å². The number of amides is 1. The number of carbonyl (C=O) groups is 2. The Kier molecular flexibility index (Phi) is 5.08. The van der Waals surface area contributed by atoms with Crippen LogP contribution < -0.4 is 5.32 Å². The number of rotatable bonds is 6. The van der Waals surface area contributed by atoms with Gasteiger partial charge in [-0.15, -0.1) is 0 Å². The Labute approximate surface area is 131 Å². The molecule has 0 fully saturated rings. The van der Waals surface area contributed by atoms with E-state index in [-0.39, 0.29) is 17.8 Å². The second kappa shape index (κ2) is 7.21. The van der Waals surface area contributed by atoms with Crippen LogP contribution in [0.1, 0.15) is 21.7 Å². The number of carbonyl (C=O) groups excluding carboxylic acids is 2. The zero-order valence-electron chi connectivity index (χ0n) is 12.3. The highest BCUT2D eigenvalue weighted by Gasteiger charge is 2.24. The summed E-state index contributed by atoms with van der Waals surface area (Å²) in [5, 5.41) is 13.5. The lowest BCUT2D eigenvalue weighted by Gasteiger charge is -2.07. The number of ether oxygens (including phenoxy) is 1. The van der Waals surface area contributed by atoms with Crippen molar-refractivity contribution in [3.8, 4) is 0 Å². The first kappa shape index (κ1) is 16.2. The lowest BCUT2D eigenvalue weighted by Crippen LogP contribution is -2.28. The molecule has 0 unspecified atom stereocenters. The molecule has 0 saturated heterocycles. The minimum absolute atomic E-state index is 0.161. The molecule has 0 aliphatic heterocycles. The Morgan fingerprint density at radius 2 is 2.09 bits per heavy atom. The molecular formula is C15H14N2O6. The van der Waals surface area contributed by atoms with E-state index in [0.29, 0.717) is 11.3 Å². The number of furan rings is 1.